The second-order valence-corrected chi connectivity index (χ2v) is 6.58. The van der Waals surface area contributed by atoms with E-state index in [0.717, 1.165) is 12.1 Å². The van der Waals surface area contributed by atoms with Crippen LogP contribution in [0.1, 0.15) is 28.8 Å². The number of carbonyl (C=O) groups excluding carboxylic acids is 2. The zero-order valence-electron chi connectivity index (χ0n) is 15.1. The Labute approximate surface area is 161 Å². The van der Waals surface area contributed by atoms with Gasteiger partial charge in [-0.1, -0.05) is 24.3 Å². The highest BCUT2D eigenvalue weighted by atomic mass is 19.1. The van der Waals surface area contributed by atoms with Gasteiger partial charge in [0, 0.05) is 36.6 Å². The molecule has 28 heavy (non-hydrogen) atoms. The molecule has 4 rings (SSSR count). The molecular weight excluding hydrogens is 357 g/mol. The zero-order chi connectivity index (χ0) is 19.5. The zero-order valence-corrected chi connectivity index (χ0v) is 15.1. The lowest BCUT2D eigenvalue weighted by Crippen LogP contribution is -2.23. The molecule has 2 heterocycles. The molecule has 1 saturated heterocycles. The van der Waals surface area contributed by atoms with Crippen molar-refractivity contribution in [1.82, 2.24) is 9.55 Å². The summed E-state index contributed by atoms with van der Waals surface area (Å²) in [5.41, 5.74) is 2.20. The summed E-state index contributed by atoms with van der Waals surface area (Å²) >= 11 is 0. The average Bonchev–Trinajstić information content (AvgIpc) is 3.38. The van der Waals surface area contributed by atoms with E-state index in [1.165, 1.54) is 18.5 Å². The highest BCUT2D eigenvalue weighted by molar-refractivity contribution is 6.08. The first-order valence-electron chi connectivity index (χ1n) is 9.02. The first kappa shape index (κ1) is 17.9. The van der Waals surface area contributed by atoms with Gasteiger partial charge in [-0.15, -0.1) is 0 Å². The third-order valence-corrected chi connectivity index (χ3v) is 4.70. The molecule has 1 aromatic heterocycles. The molecule has 0 saturated carbocycles. The first-order valence-corrected chi connectivity index (χ1v) is 9.02. The minimum atomic E-state index is -0.401. The number of anilines is 1. The molecule has 0 atom stereocenters. The van der Waals surface area contributed by atoms with Crippen LogP contribution in [0.5, 0.6) is 0 Å². The van der Waals surface area contributed by atoms with Crippen molar-refractivity contribution in [3.05, 3.63) is 84.2 Å². The Kier molecular flexibility index (Phi) is 4.85. The number of amides is 1. The van der Waals surface area contributed by atoms with Crippen molar-refractivity contribution in [1.29, 1.82) is 0 Å². The number of benzene rings is 2. The summed E-state index contributed by atoms with van der Waals surface area (Å²) in [7, 11) is 0. The van der Waals surface area contributed by atoms with Crippen LogP contribution >= 0.6 is 0 Å². The van der Waals surface area contributed by atoms with E-state index in [9.17, 15) is 14.0 Å². The van der Waals surface area contributed by atoms with Gasteiger partial charge in [0.15, 0.2) is 5.78 Å². The predicted octanol–water partition coefficient (Wildman–Crippen LogP) is 4.03. The number of ketones is 1. The number of hydrogen-bond donors (Lipinski definition) is 0. The van der Waals surface area contributed by atoms with E-state index in [1.807, 2.05) is 6.07 Å². The number of hydrogen-bond acceptors (Lipinski definition) is 3. The molecule has 0 unspecified atom stereocenters. The van der Waals surface area contributed by atoms with Crippen molar-refractivity contribution in [3.8, 4) is 5.69 Å². The molecule has 2 aromatic carbocycles. The van der Waals surface area contributed by atoms with Crippen LogP contribution in [-0.4, -0.2) is 27.8 Å². The smallest absolute Gasteiger partial charge is 0.227 e. The molecule has 0 radical (unpaired) electrons. The van der Waals surface area contributed by atoms with Gasteiger partial charge in [-0.25, -0.2) is 9.37 Å². The van der Waals surface area contributed by atoms with E-state index in [0.29, 0.717) is 29.8 Å². The van der Waals surface area contributed by atoms with Crippen molar-refractivity contribution in [2.45, 2.75) is 12.8 Å². The standard InChI is InChI=1S/C22H18FN3O2/c23-19-13-16(6-8-20(19)25-12-10-24-15-25)7-9-21(27)17-3-1-4-18(14-17)26-11-2-5-22(26)28/h1,3-4,6-10,12-15H,2,5,11H2/b9-7+. The van der Waals surface area contributed by atoms with Crippen LogP contribution < -0.4 is 4.90 Å². The number of aromatic nitrogens is 2. The van der Waals surface area contributed by atoms with Crippen molar-refractivity contribution in [3.63, 3.8) is 0 Å². The van der Waals surface area contributed by atoms with Crippen LogP contribution in [0, 0.1) is 5.82 Å². The molecule has 140 valence electrons. The van der Waals surface area contributed by atoms with Gasteiger partial charge in [-0.3, -0.25) is 9.59 Å². The monoisotopic (exact) mass is 375 g/mol. The van der Waals surface area contributed by atoms with E-state index < -0.39 is 5.82 Å². The number of halogens is 1. The highest BCUT2D eigenvalue weighted by Gasteiger charge is 2.22. The Bertz CT molecular complexity index is 1060. The van der Waals surface area contributed by atoms with Gasteiger partial charge >= 0.3 is 0 Å². The number of imidazole rings is 1. The fraction of sp³-hybridized carbons (Fsp3) is 0.136. The van der Waals surface area contributed by atoms with Crippen molar-refractivity contribution < 1.29 is 14.0 Å². The Morgan fingerprint density at radius 3 is 2.79 bits per heavy atom. The van der Waals surface area contributed by atoms with E-state index in [2.05, 4.69) is 4.98 Å². The van der Waals surface area contributed by atoms with Gasteiger partial charge in [-0.05, 0) is 42.3 Å². The van der Waals surface area contributed by atoms with Gasteiger partial charge in [0.05, 0.1) is 12.0 Å². The average molecular weight is 375 g/mol. The predicted molar refractivity (Wildman–Crippen MR) is 105 cm³/mol. The van der Waals surface area contributed by atoms with Crippen LogP contribution in [0.2, 0.25) is 0 Å². The minimum absolute atomic E-state index is 0.0774. The molecular formula is C22H18FN3O2. The first-order chi connectivity index (χ1) is 13.6. The number of rotatable bonds is 5. The Hall–Kier alpha value is -3.54. The lowest BCUT2D eigenvalue weighted by molar-refractivity contribution is -0.117. The van der Waals surface area contributed by atoms with E-state index in [1.54, 1.807) is 58.3 Å². The van der Waals surface area contributed by atoms with Gasteiger partial charge in [0.1, 0.15) is 5.82 Å². The van der Waals surface area contributed by atoms with Gasteiger partial charge in [0.2, 0.25) is 5.91 Å². The molecule has 3 aromatic rings. The number of nitrogens with zero attached hydrogens (tertiary/aromatic N) is 3. The summed E-state index contributed by atoms with van der Waals surface area (Å²) in [6, 6.07) is 11.8. The quantitative estimate of drug-likeness (QED) is 0.500. The normalized spacial score (nSPS) is 14.2. The molecule has 1 amide bonds. The molecule has 0 bridgehead atoms. The summed E-state index contributed by atoms with van der Waals surface area (Å²) in [6.45, 7) is 0.675. The molecule has 1 aliphatic rings. The maximum absolute atomic E-state index is 14.3. The van der Waals surface area contributed by atoms with Crippen molar-refractivity contribution in [2.75, 3.05) is 11.4 Å². The second-order valence-electron chi connectivity index (χ2n) is 6.58. The molecule has 6 heteroatoms. The van der Waals surface area contributed by atoms with Crippen LogP contribution in [-0.2, 0) is 4.79 Å². The fourth-order valence-electron chi connectivity index (χ4n) is 3.25. The Morgan fingerprint density at radius 1 is 1.18 bits per heavy atom. The SMILES string of the molecule is O=C(/C=C/c1ccc(-n2ccnc2)c(F)c1)c1cccc(N2CCCC2=O)c1. The summed E-state index contributed by atoms with van der Waals surface area (Å²) in [5.74, 6) is -0.525. The van der Waals surface area contributed by atoms with Crippen LogP contribution in [0.15, 0.2) is 67.3 Å². The van der Waals surface area contributed by atoms with E-state index >= 15 is 0 Å². The lowest BCUT2D eigenvalue weighted by atomic mass is 10.1. The third-order valence-electron chi connectivity index (χ3n) is 4.70. The fourth-order valence-corrected chi connectivity index (χ4v) is 3.25. The molecule has 0 N–H and O–H groups in total. The van der Waals surface area contributed by atoms with Gasteiger partial charge in [0.25, 0.3) is 0 Å². The molecule has 0 spiro atoms. The largest absolute Gasteiger partial charge is 0.312 e. The Balaban J connectivity index is 1.51. The number of allylic oxidation sites excluding steroid dienone is 1. The van der Waals surface area contributed by atoms with Crippen LogP contribution in [0.4, 0.5) is 10.1 Å². The second kappa shape index (κ2) is 7.60. The van der Waals surface area contributed by atoms with E-state index in [-0.39, 0.29) is 11.7 Å². The summed E-state index contributed by atoms with van der Waals surface area (Å²) < 4.78 is 15.9. The highest BCUT2D eigenvalue weighted by Crippen LogP contribution is 2.23. The third kappa shape index (κ3) is 3.62. The molecule has 5 nitrogen and oxygen atoms in total. The van der Waals surface area contributed by atoms with Crippen molar-refractivity contribution >= 4 is 23.5 Å². The molecule has 1 fully saturated rings. The van der Waals surface area contributed by atoms with E-state index in [4.69, 9.17) is 0 Å². The molecule has 0 aliphatic carbocycles. The minimum Gasteiger partial charge on any atom is -0.312 e. The van der Waals surface area contributed by atoms with Crippen LogP contribution in [0.3, 0.4) is 0 Å². The maximum atomic E-state index is 14.3. The topological polar surface area (TPSA) is 55.2 Å². The Morgan fingerprint density at radius 2 is 2.07 bits per heavy atom. The summed E-state index contributed by atoms with van der Waals surface area (Å²) in [6.07, 6.45) is 9.13. The maximum Gasteiger partial charge on any atom is 0.227 e. The van der Waals surface area contributed by atoms with Crippen molar-refractivity contribution in [2.24, 2.45) is 0 Å². The van der Waals surface area contributed by atoms with Crippen LogP contribution in [0.25, 0.3) is 11.8 Å². The summed E-state index contributed by atoms with van der Waals surface area (Å²) in [5, 5.41) is 0. The lowest BCUT2D eigenvalue weighted by Gasteiger charge is -2.16. The summed E-state index contributed by atoms with van der Waals surface area (Å²) in [4.78, 5) is 30.0. The van der Waals surface area contributed by atoms with Gasteiger partial charge < -0.3 is 9.47 Å². The number of carbonyl (C=O) groups is 2. The van der Waals surface area contributed by atoms with Gasteiger partial charge in [-0.2, -0.15) is 0 Å². The molecule has 1 aliphatic heterocycles.